The van der Waals surface area contributed by atoms with E-state index < -0.39 is 5.41 Å². The predicted molar refractivity (Wildman–Crippen MR) is 92.4 cm³/mol. The Hall–Kier alpha value is -1.61. The van der Waals surface area contributed by atoms with Crippen molar-refractivity contribution in [1.29, 1.82) is 0 Å². The van der Waals surface area contributed by atoms with Crippen LogP contribution >= 0.6 is 15.9 Å². The molecule has 0 aliphatic carbocycles. The average Bonchev–Trinajstić information content (AvgIpc) is 2.44. The van der Waals surface area contributed by atoms with E-state index >= 15 is 0 Å². The molecule has 0 fully saturated rings. The molecule has 0 spiro atoms. The van der Waals surface area contributed by atoms with Crippen LogP contribution in [0.1, 0.15) is 26.3 Å². The summed E-state index contributed by atoms with van der Waals surface area (Å²) in [6.45, 7) is 7.75. The Labute approximate surface area is 134 Å². The van der Waals surface area contributed by atoms with Gasteiger partial charge in [-0.1, -0.05) is 63.2 Å². The number of benzene rings is 2. The van der Waals surface area contributed by atoms with Crippen molar-refractivity contribution in [2.24, 2.45) is 5.41 Å². The highest BCUT2D eigenvalue weighted by molar-refractivity contribution is 9.10. The average molecular weight is 346 g/mol. The van der Waals surface area contributed by atoms with Crippen molar-refractivity contribution in [3.05, 3.63) is 52.5 Å². The van der Waals surface area contributed by atoms with E-state index in [-0.39, 0.29) is 5.91 Å². The van der Waals surface area contributed by atoms with E-state index in [1.165, 1.54) is 0 Å². The van der Waals surface area contributed by atoms with Crippen LogP contribution in [-0.2, 0) is 4.79 Å². The van der Waals surface area contributed by atoms with Crippen LogP contribution < -0.4 is 5.32 Å². The molecule has 0 unspecified atom stereocenters. The molecule has 0 aromatic heterocycles. The summed E-state index contributed by atoms with van der Waals surface area (Å²) >= 11 is 3.61. The van der Waals surface area contributed by atoms with Crippen molar-refractivity contribution in [1.82, 2.24) is 0 Å². The lowest BCUT2D eigenvalue weighted by Crippen LogP contribution is -2.28. The first-order chi connectivity index (χ1) is 9.80. The number of hydrogen-bond donors (Lipinski definition) is 1. The lowest BCUT2D eigenvalue weighted by atomic mass is 9.94. The van der Waals surface area contributed by atoms with E-state index in [2.05, 4.69) is 27.3 Å². The zero-order valence-corrected chi connectivity index (χ0v) is 14.4. The second-order valence-corrected chi connectivity index (χ2v) is 6.98. The summed E-state index contributed by atoms with van der Waals surface area (Å²) in [5.41, 5.74) is 3.60. The van der Waals surface area contributed by atoms with Gasteiger partial charge in [0.15, 0.2) is 0 Å². The summed E-state index contributed by atoms with van der Waals surface area (Å²) in [6, 6.07) is 14.2. The standard InChI is InChI=1S/C18H20BrNO/c1-12-10-11-14(13-8-6-5-7-9-13)16(15(12)19)20-17(21)18(2,3)4/h5-11H,1-4H3,(H,20,21). The van der Waals surface area contributed by atoms with Gasteiger partial charge in [0, 0.05) is 15.5 Å². The zero-order chi connectivity index (χ0) is 15.6. The van der Waals surface area contributed by atoms with E-state index in [9.17, 15) is 4.79 Å². The Bertz CT molecular complexity index is 657. The van der Waals surface area contributed by atoms with Crippen molar-refractivity contribution in [3.63, 3.8) is 0 Å². The normalized spacial score (nSPS) is 11.3. The number of halogens is 1. The number of aryl methyl sites for hydroxylation is 1. The Morgan fingerprint density at radius 1 is 1.05 bits per heavy atom. The van der Waals surface area contributed by atoms with Crippen molar-refractivity contribution in [2.45, 2.75) is 27.7 Å². The highest BCUT2D eigenvalue weighted by Gasteiger charge is 2.23. The molecule has 2 aromatic carbocycles. The van der Waals surface area contributed by atoms with E-state index in [1.807, 2.05) is 64.1 Å². The van der Waals surface area contributed by atoms with Gasteiger partial charge in [0.05, 0.1) is 5.69 Å². The molecule has 110 valence electrons. The number of rotatable bonds is 2. The Balaban J connectivity index is 2.53. The van der Waals surface area contributed by atoms with Crippen LogP contribution in [0.15, 0.2) is 46.9 Å². The van der Waals surface area contributed by atoms with E-state index in [0.717, 1.165) is 26.9 Å². The fourth-order valence-electron chi connectivity index (χ4n) is 1.96. The fourth-order valence-corrected chi connectivity index (χ4v) is 2.41. The smallest absolute Gasteiger partial charge is 0.229 e. The molecule has 1 amide bonds. The molecule has 21 heavy (non-hydrogen) atoms. The fraction of sp³-hybridized carbons (Fsp3) is 0.278. The molecule has 2 rings (SSSR count). The SMILES string of the molecule is Cc1ccc(-c2ccccc2)c(NC(=O)C(C)(C)C)c1Br. The molecule has 1 N–H and O–H groups in total. The molecule has 2 aromatic rings. The molecule has 0 heterocycles. The van der Waals surface area contributed by atoms with Crippen molar-refractivity contribution in [2.75, 3.05) is 5.32 Å². The molecule has 0 saturated carbocycles. The summed E-state index contributed by atoms with van der Waals surface area (Å²) in [7, 11) is 0. The van der Waals surface area contributed by atoms with Crippen LogP contribution in [0.5, 0.6) is 0 Å². The van der Waals surface area contributed by atoms with Gasteiger partial charge in [0.2, 0.25) is 5.91 Å². The van der Waals surface area contributed by atoms with Crippen molar-refractivity contribution >= 4 is 27.5 Å². The molecule has 3 heteroatoms. The number of anilines is 1. The first-order valence-electron chi connectivity index (χ1n) is 6.96. The highest BCUT2D eigenvalue weighted by atomic mass is 79.9. The molecule has 0 saturated heterocycles. The molecular formula is C18H20BrNO. The van der Waals surface area contributed by atoms with Gasteiger partial charge in [-0.2, -0.15) is 0 Å². The van der Waals surface area contributed by atoms with Gasteiger partial charge < -0.3 is 5.32 Å². The van der Waals surface area contributed by atoms with E-state index in [1.54, 1.807) is 0 Å². The van der Waals surface area contributed by atoms with Crippen LogP contribution in [0.2, 0.25) is 0 Å². The van der Waals surface area contributed by atoms with Crippen LogP contribution in [-0.4, -0.2) is 5.91 Å². The van der Waals surface area contributed by atoms with Crippen LogP contribution in [0.25, 0.3) is 11.1 Å². The number of hydrogen-bond acceptors (Lipinski definition) is 1. The van der Waals surface area contributed by atoms with Gasteiger partial charge in [0.1, 0.15) is 0 Å². The predicted octanol–water partition coefficient (Wildman–Crippen LogP) is 5.41. The molecule has 0 bridgehead atoms. The second kappa shape index (κ2) is 6.02. The van der Waals surface area contributed by atoms with Crippen LogP contribution in [0.4, 0.5) is 5.69 Å². The molecular weight excluding hydrogens is 326 g/mol. The maximum atomic E-state index is 12.3. The quantitative estimate of drug-likeness (QED) is 0.774. The zero-order valence-electron chi connectivity index (χ0n) is 12.8. The maximum absolute atomic E-state index is 12.3. The van der Waals surface area contributed by atoms with Crippen LogP contribution in [0.3, 0.4) is 0 Å². The number of carbonyl (C=O) groups is 1. The van der Waals surface area contributed by atoms with Crippen molar-refractivity contribution in [3.8, 4) is 11.1 Å². The molecule has 0 atom stereocenters. The topological polar surface area (TPSA) is 29.1 Å². The third kappa shape index (κ3) is 3.53. The highest BCUT2D eigenvalue weighted by Crippen LogP contribution is 2.37. The summed E-state index contributed by atoms with van der Waals surface area (Å²) in [5.74, 6) is 0.00554. The lowest BCUT2D eigenvalue weighted by molar-refractivity contribution is -0.123. The number of nitrogens with one attached hydrogen (secondary N) is 1. The second-order valence-electron chi connectivity index (χ2n) is 6.19. The first-order valence-corrected chi connectivity index (χ1v) is 7.76. The summed E-state index contributed by atoms with van der Waals surface area (Å²) in [4.78, 5) is 12.3. The van der Waals surface area contributed by atoms with Crippen LogP contribution in [0, 0.1) is 12.3 Å². The third-order valence-electron chi connectivity index (χ3n) is 3.34. The summed E-state index contributed by atoms with van der Waals surface area (Å²) in [5, 5.41) is 3.07. The van der Waals surface area contributed by atoms with Gasteiger partial charge in [-0.15, -0.1) is 0 Å². The third-order valence-corrected chi connectivity index (χ3v) is 4.36. The monoisotopic (exact) mass is 345 g/mol. The first kappa shape index (κ1) is 15.8. The Kier molecular flexibility index (Phi) is 4.52. The summed E-state index contributed by atoms with van der Waals surface area (Å²) in [6.07, 6.45) is 0. The van der Waals surface area contributed by atoms with Gasteiger partial charge in [-0.25, -0.2) is 0 Å². The van der Waals surface area contributed by atoms with Crippen molar-refractivity contribution < 1.29 is 4.79 Å². The molecule has 0 radical (unpaired) electrons. The minimum atomic E-state index is -0.433. The molecule has 2 nitrogen and oxygen atoms in total. The largest absolute Gasteiger partial charge is 0.324 e. The number of carbonyl (C=O) groups excluding carboxylic acids is 1. The number of amides is 1. The Morgan fingerprint density at radius 3 is 2.24 bits per heavy atom. The summed E-state index contributed by atoms with van der Waals surface area (Å²) < 4.78 is 0.932. The van der Waals surface area contributed by atoms with E-state index in [0.29, 0.717) is 0 Å². The van der Waals surface area contributed by atoms with Gasteiger partial charge in [0.25, 0.3) is 0 Å². The Morgan fingerprint density at radius 2 is 1.67 bits per heavy atom. The van der Waals surface area contributed by atoms with Gasteiger partial charge in [-0.05, 0) is 34.0 Å². The molecule has 0 aliphatic rings. The maximum Gasteiger partial charge on any atom is 0.229 e. The molecule has 0 aliphatic heterocycles. The van der Waals surface area contributed by atoms with Gasteiger partial charge in [-0.3, -0.25) is 4.79 Å². The minimum Gasteiger partial charge on any atom is -0.324 e. The van der Waals surface area contributed by atoms with Gasteiger partial charge >= 0.3 is 0 Å². The lowest BCUT2D eigenvalue weighted by Gasteiger charge is -2.21. The van der Waals surface area contributed by atoms with E-state index in [4.69, 9.17) is 0 Å². The minimum absolute atomic E-state index is 0.00554.